The van der Waals surface area contributed by atoms with Gasteiger partial charge in [0.2, 0.25) is 15.9 Å². The molecule has 2 aromatic rings. The summed E-state index contributed by atoms with van der Waals surface area (Å²) < 4.78 is 68.5. The maximum Gasteiger partial charge on any atom is 0.287 e. The molecule has 2 N–H and O–H groups in total. The van der Waals surface area contributed by atoms with Crippen LogP contribution in [0.1, 0.15) is 25.0 Å². The molecule has 36 heavy (non-hydrogen) atoms. The minimum absolute atomic E-state index is 0.123. The number of sulfonamides is 2. The SMILES string of the molecule is CC(C)C1CN(Cc2ccc(F)cc2)C(=O)C(C2=NS(=O)(=O)c3c(CNS(C)(=O)=O)csc3N2)C1=O. The predicted octanol–water partition coefficient (Wildman–Crippen LogP) is 1.95. The maximum atomic E-state index is 13.5. The second-order valence-electron chi connectivity index (χ2n) is 9.12. The van der Waals surface area contributed by atoms with Crippen molar-refractivity contribution in [1.29, 1.82) is 0 Å². The number of thiophene rings is 1. The van der Waals surface area contributed by atoms with E-state index in [1.54, 1.807) is 12.1 Å². The summed E-state index contributed by atoms with van der Waals surface area (Å²) in [4.78, 5) is 28.1. The zero-order chi connectivity index (χ0) is 26.4. The van der Waals surface area contributed by atoms with Gasteiger partial charge in [0.15, 0.2) is 11.7 Å². The van der Waals surface area contributed by atoms with Crippen LogP contribution in [0.3, 0.4) is 0 Å². The van der Waals surface area contributed by atoms with Crippen molar-refractivity contribution in [2.75, 3.05) is 18.1 Å². The molecule has 2 unspecified atom stereocenters. The molecule has 3 heterocycles. The number of benzene rings is 1. The number of amidine groups is 1. The lowest BCUT2D eigenvalue weighted by Crippen LogP contribution is -2.56. The van der Waals surface area contributed by atoms with Gasteiger partial charge in [0.25, 0.3) is 10.0 Å². The molecular formula is C22H25FN4O6S3. The summed E-state index contributed by atoms with van der Waals surface area (Å²) in [6, 6.07) is 5.65. The first kappa shape index (κ1) is 26.4. The number of Topliss-reactive ketones (excluding diaryl/α,β-unsaturated/α-hetero) is 1. The van der Waals surface area contributed by atoms with Gasteiger partial charge in [-0.15, -0.1) is 15.7 Å². The van der Waals surface area contributed by atoms with Crippen LogP contribution in [0.4, 0.5) is 9.39 Å². The van der Waals surface area contributed by atoms with Gasteiger partial charge >= 0.3 is 0 Å². The number of anilines is 1. The number of hydrogen-bond acceptors (Lipinski definition) is 8. The third-order valence-electron chi connectivity index (χ3n) is 6.05. The lowest BCUT2D eigenvalue weighted by molar-refractivity contribution is -0.147. The van der Waals surface area contributed by atoms with Crippen LogP contribution in [0, 0.1) is 23.6 Å². The molecule has 1 aromatic heterocycles. The number of nitrogens with one attached hydrogen (secondary N) is 2. The number of fused-ring (bicyclic) bond motifs is 1. The number of amides is 1. The van der Waals surface area contributed by atoms with Crippen molar-refractivity contribution >= 4 is 53.9 Å². The van der Waals surface area contributed by atoms with Crippen LogP contribution in [0.5, 0.6) is 0 Å². The lowest BCUT2D eigenvalue weighted by atomic mass is 9.79. The minimum Gasteiger partial charge on any atom is -0.337 e. The van der Waals surface area contributed by atoms with Crippen LogP contribution in [-0.4, -0.2) is 52.1 Å². The van der Waals surface area contributed by atoms with Crippen molar-refractivity contribution in [1.82, 2.24) is 9.62 Å². The topological polar surface area (TPSA) is 142 Å². The van der Waals surface area contributed by atoms with Gasteiger partial charge in [-0.1, -0.05) is 26.0 Å². The molecule has 0 aliphatic carbocycles. The van der Waals surface area contributed by atoms with E-state index in [0.717, 1.165) is 17.6 Å². The maximum absolute atomic E-state index is 13.5. The van der Waals surface area contributed by atoms with Crippen molar-refractivity contribution < 1.29 is 30.8 Å². The first-order valence-electron chi connectivity index (χ1n) is 11.0. The minimum atomic E-state index is -4.32. The number of carbonyl (C=O) groups excluding carboxylic acids is 2. The van der Waals surface area contributed by atoms with Crippen molar-refractivity contribution in [3.05, 3.63) is 46.6 Å². The average molecular weight is 557 g/mol. The first-order chi connectivity index (χ1) is 16.8. The van der Waals surface area contributed by atoms with Crippen LogP contribution in [0.25, 0.3) is 0 Å². The fraction of sp³-hybridized carbons (Fsp3) is 0.409. The van der Waals surface area contributed by atoms with E-state index < -0.39 is 49.4 Å². The Morgan fingerprint density at radius 2 is 1.92 bits per heavy atom. The van der Waals surface area contributed by atoms with E-state index in [1.165, 1.54) is 22.4 Å². The van der Waals surface area contributed by atoms with Gasteiger partial charge in [0.05, 0.1) is 6.26 Å². The lowest BCUT2D eigenvalue weighted by Gasteiger charge is -2.38. The van der Waals surface area contributed by atoms with Crippen LogP contribution in [-0.2, 0) is 42.7 Å². The molecule has 1 saturated heterocycles. The monoisotopic (exact) mass is 556 g/mol. The highest BCUT2D eigenvalue weighted by Crippen LogP contribution is 2.39. The number of nitrogens with zero attached hydrogens (tertiary/aromatic N) is 2. The Bertz CT molecular complexity index is 1450. The van der Waals surface area contributed by atoms with Crippen molar-refractivity contribution in [2.24, 2.45) is 22.2 Å². The molecule has 0 spiro atoms. The second kappa shape index (κ2) is 9.65. The van der Waals surface area contributed by atoms with E-state index in [4.69, 9.17) is 0 Å². The first-order valence-corrected chi connectivity index (χ1v) is 15.2. The summed E-state index contributed by atoms with van der Waals surface area (Å²) in [5.74, 6) is -3.85. The van der Waals surface area contributed by atoms with E-state index in [-0.39, 0.29) is 46.8 Å². The Hall–Kier alpha value is -2.68. The normalized spacial score (nSPS) is 21.8. The number of ketones is 1. The molecule has 2 aliphatic rings. The Morgan fingerprint density at radius 1 is 1.25 bits per heavy atom. The van der Waals surface area contributed by atoms with Crippen LogP contribution in [0.2, 0.25) is 0 Å². The molecule has 2 atom stereocenters. The molecule has 10 nitrogen and oxygen atoms in total. The molecule has 14 heteroatoms. The molecule has 1 fully saturated rings. The van der Waals surface area contributed by atoms with Crippen molar-refractivity contribution in [2.45, 2.75) is 31.8 Å². The van der Waals surface area contributed by atoms with E-state index in [2.05, 4.69) is 14.4 Å². The van der Waals surface area contributed by atoms with Gasteiger partial charge in [-0.2, -0.15) is 8.42 Å². The zero-order valence-electron chi connectivity index (χ0n) is 19.7. The Balaban J connectivity index is 1.67. The summed E-state index contributed by atoms with van der Waals surface area (Å²) in [6.07, 6.45) is 0.956. The van der Waals surface area contributed by atoms with Gasteiger partial charge in [-0.05, 0) is 29.0 Å². The molecule has 1 aromatic carbocycles. The van der Waals surface area contributed by atoms with Gasteiger partial charge in [0.1, 0.15) is 21.5 Å². The summed E-state index contributed by atoms with van der Waals surface area (Å²) in [5.41, 5.74) is 0.866. The number of hydrogen-bond donors (Lipinski definition) is 2. The molecule has 0 bridgehead atoms. The average Bonchev–Trinajstić information content (AvgIpc) is 3.19. The fourth-order valence-corrected chi connectivity index (χ4v) is 7.27. The standard InChI is InChI=1S/C22H25FN4O6S3/c1-12(2)16-10-27(9-13-4-6-15(23)7-5-13)22(29)17(18(16)28)20-25-21-19(36(32,33)26-20)14(11-34-21)8-24-35(3,30)31/h4-7,11-12,16-17,24H,8-10H2,1-3H3,(H,25,26). The van der Waals surface area contributed by atoms with Gasteiger partial charge in [-0.3, -0.25) is 9.59 Å². The predicted molar refractivity (Wildman–Crippen MR) is 133 cm³/mol. The van der Waals surface area contributed by atoms with E-state index in [9.17, 15) is 30.8 Å². The highest BCUT2D eigenvalue weighted by Gasteiger charge is 2.47. The summed E-state index contributed by atoms with van der Waals surface area (Å²) in [6.45, 7) is 3.71. The summed E-state index contributed by atoms with van der Waals surface area (Å²) >= 11 is 1.01. The third-order valence-corrected chi connectivity index (χ3v) is 9.21. The van der Waals surface area contributed by atoms with Gasteiger partial charge in [0, 0.05) is 31.1 Å². The highest BCUT2D eigenvalue weighted by molar-refractivity contribution is 7.91. The number of carbonyl (C=O) groups is 2. The zero-order valence-corrected chi connectivity index (χ0v) is 22.1. The number of halogens is 1. The van der Waals surface area contributed by atoms with Gasteiger partial charge < -0.3 is 10.2 Å². The fourth-order valence-electron chi connectivity index (χ4n) is 4.20. The highest BCUT2D eigenvalue weighted by atomic mass is 32.2. The van der Waals surface area contributed by atoms with Crippen LogP contribution in [0.15, 0.2) is 38.9 Å². The van der Waals surface area contributed by atoms with E-state index in [0.29, 0.717) is 5.56 Å². The molecule has 2 aliphatic heterocycles. The van der Waals surface area contributed by atoms with E-state index in [1.807, 2.05) is 13.8 Å². The summed E-state index contributed by atoms with van der Waals surface area (Å²) in [7, 11) is -7.89. The molecule has 194 valence electrons. The van der Waals surface area contributed by atoms with Crippen LogP contribution < -0.4 is 10.0 Å². The van der Waals surface area contributed by atoms with Crippen molar-refractivity contribution in [3.8, 4) is 0 Å². The molecular weight excluding hydrogens is 531 g/mol. The largest absolute Gasteiger partial charge is 0.337 e. The quantitative estimate of drug-likeness (QED) is 0.497. The summed E-state index contributed by atoms with van der Waals surface area (Å²) in [5, 5.41) is 4.48. The number of rotatable bonds is 7. The smallest absolute Gasteiger partial charge is 0.287 e. The molecule has 0 radical (unpaired) electrons. The number of likely N-dealkylation sites (tertiary alicyclic amines) is 1. The second-order valence-corrected chi connectivity index (χ2v) is 13.4. The molecule has 0 saturated carbocycles. The van der Waals surface area contributed by atoms with E-state index >= 15 is 0 Å². The van der Waals surface area contributed by atoms with Crippen LogP contribution >= 0.6 is 11.3 Å². The molecule has 4 rings (SSSR count). The van der Waals surface area contributed by atoms with Crippen molar-refractivity contribution in [3.63, 3.8) is 0 Å². The molecule has 1 amide bonds. The Kier molecular flexibility index (Phi) is 7.07. The van der Waals surface area contributed by atoms with Gasteiger partial charge in [-0.25, -0.2) is 17.5 Å². The Morgan fingerprint density at radius 3 is 2.53 bits per heavy atom. The third kappa shape index (κ3) is 5.36. The number of piperidine rings is 1. The Labute approximate surface area is 212 Å².